The number of primary amides is 1. The van der Waals surface area contributed by atoms with Gasteiger partial charge in [0.05, 0.1) is 16.8 Å². The number of aryl methyl sites for hydroxylation is 1. The average molecular weight is 442 g/mol. The van der Waals surface area contributed by atoms with Gasteiger partial charge in [0.15, 0.2) is 5.82 Å². The number of nitrogens with zero attached hydrogens (tertiary/aromatic N) is 3. The van der Waals surface area contributed by atoms with Crippen molar-refractivity contribution in [3.8, 4) is 11.5 Å². The van der Waals surface area contributed by atoms with Gasteiger partial charge in [-0.1, -0.05) is 24.3 Å². The topological polar surface area (TPSA) is 138 Å². The van der Waals surface area contributed by atoms with E-state index in [-0.39, 0.29) is 0 Å². The fraction of sp³-hybridized carbons (Fsp3) is 0.174. The summed E-state index contributed by atoms with van der Waals surface area (Å²) in [5, 5.41) is 25.6. The summed E-state index contributed by atoms with van der Waals surface area (Å²) in [6, 6.07) is 12.5. The van der Waals surface area contributed by atoms with Crippen molar-refractivity contribution in [3.05, 3.63) is 70.9 Å². The molecule has 10 heteroatoms. The molecule has 0 bridgehead atoms. The maximum absolute atomic E-state index is 11.9. The zero-order valence-corrected chi connectivity index (χ0v) is 18.0. The normalized spacial score (nSPS) is 12.5. The highest BCUT2D eigenvalue weighted by Crippen LogP contribution is 2.33. The first-order valence-corrected chi connectivity index (χ1v) is 10.7. The van der Waals surface area contributed by atoms with Crippen LogP contribution >= 0.6 is 0 Å². The molecule has 3 aromatic heterocycles. The van der Waals surface area contributed by atoms with Gasteiger partial charge in [-0.15, -0.1) is 0 Å². The molecule has 0 saturated carbocycles. The van der Waals surface area contributed by atoms with Crippen molar-refractivity contribution in [2.45, 2.75) is 19.9 Å². The van der Waals surface area contributed by atoms with Crippen LogP contribution < -0.4 is 21.8 Å². The second kappa shape index (κ2) is 8.23. The molecule has 0 fully saturated rings. The lowest BCUT2D eigenvalue weighted by Gasteiger charge is -2.13. The summed E-state index contributed by atoms with van der Waals surface area (Å²) in [5.41, 5.74) is 10.8. The molecule has 5 rings (SSSR count). The lowest BCUT2D eigenvalue weighted by atomic mass is 9.79. The number of aromatic nitrogens is 3. The number of carbonyl (C=O) groups excluding carboxylic acids is 1. The second-order valence-electron chi connectivity index (χ2n) is 8.09. The molecule has 1 aliphatic heterocycles. The summed E-state index contributed by atoms with van der Waals surface area (Å²) in [6.07, 6.45) is 2.67. The number of carbonyl (C=O) groups is 1. The molecule has 4 heterocycles. The smallest absolute Gasteiger partial charge is 0.423 e. The molecule has 1 aliphatic rings. The third-order valence-electron chi connectivity index (χ3n) is 5.86. The van der Waals surface area contributed by atoms with Crippen molar-refractivity contribution >= 4 is 35.6 Å². The Labute approximate surface area is 190 Å². The van der Waals surface area contributed by atoms with Gasteiger partial charge >= 0.3 is 7.12 Å². The number of hydrogen-bond acceptors (Lipinski definition) is 7. The number of fused-ring (bicyclic) bond motifs is 2. The van der Waals surface area contributed by atoms with E-state index in [4.69, 9.17) is 15.7 Å². The number of anilines is 2. The fourth-order valence-corrected chi connectivity index (χ4v) is 4.29. The van der Waals surface area contributed by atoms with Gasteiger partial charge in [-0.05, 0) is 48.1 Å². The Morgan fingerprint density at radius 1 is 1.24 bits per heavy atom. The first-order chi connectivity index (χ1) is 15.9. The Balaban J connectivity index is 1.56. The summed E-state index contributed by atoms with van der Waals surface area (Å²) in [6.45, 7) is 3.19. The standard InChI is InChI=1S/C23H23BN6O3/c1-13-10-18-16(20(25)31)6-3-9-30(18)19(13)23-28-21-17(7-8-26-21)22(29-23)27-12-14-4-2-5-15(11-14)24(32)33/h2-6,9-11,32-33H,7-8,12H2,1H3,(H2,25,31)(H2,26,27,28,29). The van der Waals surface area contributed by atoms with Gasteiger partial charge in [-0.3, -0.25) is 4.79 Å². The highest BCUT2D eigenvalue weighted by atomic mass is 16.4. The van der Waals surface area contributed by atoms with Crippen molar-refractivity contribution in [2.24, 2.45) is 5.73 Å². The Kier molecular flexibility index (Phi) is 5.23. The van der Waals surface area contributed by atoms with Gasteiger partial charge < -0.3 is 30.8 Å². The van der Waals surface area contributed by atoms with Crippen molar-refractivity contribution in [1.82, 2.24) is 14.4 Å². The lowest BCUT2D eigenvalue weighted by Crippen LogP contribution is -2.30. The molecule has 1 amide bonds. The number of benzene rings is 1. The van der Waals surface area contributed by atoms with Crippen molar-refractivity contribution < 1.29 is 14.8 Å². The first kappa shape index (κ1) is 21.0. The molecular formula is C23H23BN6O3. The molecule has 166 valence electrons. The van der Waals surface area contributed by atoms with Gasteiger partial charge in [0.25, 0.3) is 5.91 Å². The van der Waals surface area contributed by atoms with E-state index in [9.17, 15) is 14.8 Å². The van der Waals surface area contributed by atoms with Crippen LogP contribution in [0.25, 0.3) is 17.0 Å². The summed E-state index contributed by atoms with van der Waals surface area (Å²) in [4.78, 5) is 21.5. The maximum Gasteiger partial charge on any atom is 0.488 e. The molecule has 0 saturated heterocycles. The van der Waals surface area contributed by atoms with Crippen LogP contribution in [0, 0.1) is 6.92 Å². The van der Waals surface area contributed by atoms with E-state index in [1.807, 2.05) is 29.7 Å². The lowest BCUT2D eigenvalue weighted by molar-refractivity contribution is 0.100. The van der Waals surface area contributed by atoms with E-state index >= 15 is 0 Å². The number of amides is 1. The number of nitrogens with one attached hydrogen (secondary N) is 2. The van der Waals surface area contributed by atoms with E-state index < -0.39 is 13.0 Å². The monoisotopic (exact) mass is 442 g/mol. The van der Waals surface area contributed by atoms with Crippen LogP contribution in [0.4, 0.5) is 11.6 Å². The Morgan fingerprint density at radius 2 is 2.09 bits per heavy atom. The number of nitrogens with two attached hydrogens (primary N) is 1. The highest BCUT2D eigenvalue weighted by Gasteiger charge is 2.23. The molecular weight excluding hydrogens is 419 g/mol. The third-order valence-corrected chi connectivity index (χ3v) is 5.86. The van der Waals surface area contributed by atoms with Crippen LogP contribution in [-0.4, -0.2) is 44.0 Å². The predicted molar refractivity (Wildman–Crippen MR) is 127 cm³/mol. The molecule has 33 heavy (non-hydrogen) atoms. The largest absolute Gasteiger partial charge is 0.488 e. The summed E-state index contributed by atoms with van der Waals surface area (Å²) in [5.74, 6) is 1.54. The Bertz CT molecular complexity index is 1380. The fourth-order valence-electron chi connectivity index (χ4n) is 4.29. The van der Waals surface area contributed by atoms with Crippen LogP contribution in [0.2, 0.25) is 0 Å². The van der Waals surface area contributed by atoms with Crippen molar-refractivity contribution in [1.29, 1.82) is 0 Å². The Hall–Kier alpha value is -3.89. The number of pyridine rings is 1. The zero-order chi connectivity index (χ0) is 23.1. The molecule has 0 radical (unpaired) electrons. The number of hydrogen-bond donors (Lipinski definition) is 5. The van der Waals surface area contributed by atoms with E-state index in [0.717, 1.165) is 47.0 Å². The molecule has 0 unspecified atom stereocenters. The molecule has 1 aromatic carbocycles. The van der Waals surface area contributed by atoms with Crippen LogP contribution in [0.3, 0.4) is 0 Å². The van der Waals surface area contributed by atoms with Gasteiger partial charge in [0.2, 0.25) is 0 Å². The van der Waals surface area contributed by atoms with Crippen molar-refractivity contribution in [2.75, 3.05) is 17.2 Å². The maximum atomic E-state index is 11.9. The quantitative estimate of drug-likeness (QED) is 0.282. The molecule has 6 N–H and O–H groups in total. The van der Waals surface area contributed by atoms with Gasteiger partial charge in [0, 0.05) is 24.8 Å². The predicted octanol–water partition coefficient (Wildman–Crippen LogP) is 1.06. The van der Waals surface area contributed by atoms with Gasteiger partial charge in [0.1, 0.15) is 11.6 Å². The second-order valence-corrected chi connectivity index (χ2v) is 8.09. The van der Waals surface area contributed by atoms with Crippen LogP contribution in [0.15, 0.2) is 48.7 Å². The summed E-state index contributed by atoms with van der Waals surface area (Å²) in [7, 11) is -1.51. The van der Waals surface area contributed by atoms with E-state index in [1.54, 1.807) is 30.3 Å². The molecule has 0 spiro atoms. The van der Waals surface area contributed by atoms with E-state index in [2.05, 4.69) is 10.6 Å². The number of rotatable bonds is 6. The van der Waals surface area contributed by atoms with Crippen LogP contribution in [-0.2, 0) is 13.0 Å². The van der Waals surface area contributed by atoms with Gasteiger partial charge in [-0.2, -0.15) is 0 Å². The molecule has 0 atom stereocenters. The highest BCUT2D eigenvalue weighted by molar-refractivity contribution is 6.58. The van der Waals surface area contributed by atoms with E-state index in [1.165, 1.54) is 0 Å². The summed E-state index contributed by atoms with van der Waals surface area (Å²) < 4.78 is 1.89. The van der Waals surface area contributed by atoms with Crippen LogP contribution in [0.1, 0.15) is 27.0 Å². The SMILES string of the molecule is Cc1cc2c(C(N)=O)cccn2c1-c1nc2c(c(NCc3cccc(B(O)O)c3)n1)CCN2. The third kappa shape index (κ3) is 3.79. The first-order valence-electron chi connectivity index (χ1n) is 10.7. The van der Waals surface area contributed by atoms with Crippen LogP contribution in [0.5, 0.6) is 0 Å². The summed E-state index contributed by atoms with van der Waals surface area (Å²) >= 11 is 0. The Morgan fingerprint density at radius 3 is 2.88 bits per heavy atom. The minimum absolute atomic E-state index is 0.435. The minimum Gasteiger partial charge on any atom is -0.423 e. The molecule has 0 aliphatic carbocycles. The average Bonchev–Trinajstić information content (AvgIpc) is 3.40. The molecule has 9 nitrogen and oxygen atoms in total. The van der Waals surface area contributed by atoms with E-state index in [0.29, 0.717) is 28.9 Å². The molecule has 4 aromatic rings. The van der Waals surface area contributed by atoms with Crippen molar-refractivity contribution in [3.63, 3.8) is 0 Å². The minimum atomic E-state index is -1.51. The zero-order valence-electron chi connectivity index (χ0n) is 18.0. The van der Waals surface area contributed by atoms with Gasteiger partial charge in [-0.25, -0.2) is 9.97 Å².